The average molecular weight is 354 g/mol. The van der Waals surface area contributed by atoms with E-state index in [1.54, 1.807) is 17.0 Å². The second kappa shape index (κ2) is 8.40. The van der Waals surface area contributed by atoms with Crippen LogP contribution in [-0.2, 0) is 9.59 Å². The molecule has 2 amide bonds. The first-order valence-electron chi connectivity index (χ1n) is 7.55. The van der Waals surface area contributed by atoms with Crippen molar-refractivity contribution in [2.75, 3.05) is 11.9 Å². The Morgan fingerprint density at radius 3 is 2.83 bits per heavy atom. The van der Waals surface area contributed by atoms with Crippen LogP contribution in [0.15, 0.2) is 24.3 Å². The third kappa shape index (κ3) is 5.28. The maximum absolute atomic E-state index is 13.0. The van der Waals surface area contributed by atoms with Gasteiger partial charge in [0.05, 0.1) is 5.25 Å². The number of thiocarbonyl (C=S) groups is 1. The number of carbonyl (C=O) groups is 2. The van der Waals surface area contributed by atoms with Crippen LogP contribution < -0.4 is 5.32 Å². The molecule has 1 aliphatic heterocycles. The lowest BCUT2D eigenvalue weighted by Gasteiger charge is -2.14. The van der Waals surface area contributed by atoms with E-state index in [1.165, 1.54) is 23.9 Å². The van der Waals surface area contributed by atoms with Crippen molar-refractivity contribution in [3.8, 4) is 0 Å². The Labute approximate surface area is 144 Å². The van der Waals surface area contributed by atoms with Crippen LogP contribution in [0.25, 0.3) is 0 Å². The maximum atomic E-state index is 13.0. The predicted molar refractivity (Wildman–Crippen MR) is 94.9 cm³/mol. The van der Waals surface area contributed by atoms with Crippen molar-refractivity contribution < 1.29 is 14.0 Å². The largest absolute Gasteiger partial charge is 0.326 e. The molecule has 1 unspecified atom stereocenters. The van der Waals surface area contributed by atoms with Crippen LogP contribution in [0.1, 0.15) is 32.6 Å². The minimum absolute atomic E-state index is 0.0730. The third-order valence-electron chi connectivity index (χ3n) is 3.51. The Balaban J connectivity index is 1.63. The minimum atomic E-state index is -0.374. The van der Waals surface area contributed by atoms with Gasteiger partial charge in [-0.05, 0) is 38.0 Å². The summed E-state index contributed by atoms with van der Waals surface area (Å²) in [5.41, 5.74) is 0.467. The monoisotopic (exact) mass is 354 g/mol. The molecule has 0 bridgehead atoms. The molecule has 23 heavy (non-hydrogen) atoms. The van der Waals surface area contributed by atoms with Crippen LogP contribution in [0.3, 0.4) is 0 Å². The molecule has 7 heteroatoms. The van der Waals surface area contributed by atoms with Gasteiger partial charge in [-0.2, -0.15) is 0 Å². The van der Waals surface area contributed by atoms with Gasteiger partial charge in [-0.25, -0.2) is 4.39 Å². The Hall–Kier alpha value is -1.47. The van der Waals surface area contributed by atoms with Crippen LogP contribution in [-0.4, -0.2) is 32.8 Å². The maximum Gasteiger partial charge on any atom is 0.241 e. The zero-order valence-electron chi connectivity index (χ0n) is 12.9. The second-order valence-corrected chi connectivity index (χ2v) is 7.36. The summed E-state index contributed by atoms with van der Waals surface area (Å²) in [4.78, 5) is 25.3. The molecular weight excluding hydrogens is 335 g/mol. The number of nitrogens with zero attached hydrogens (tertiary/aromatic N) is 1. The second-order valence-electron chi connectivity index (χ2n) is 5.39. The number of unbranched alkanes of at least 4 members (excludes halogenated alkanes) is 2. The smallest absolute Gasteiger partial charge is 0.241 e. The van der Waals surface area contributed by atoms with Gasteiger partial charge in [-0.1, -0.05) is 36.5 Å². The number of anilines is 1. The average Bonchev–Trinajstić information content (AvgIpc) is 2.73. The highest BCUT2D eigenvalue weighted by molar-refractivity contribution is 8.24. The van der Waals surface area contributed by atoms with Crippen molar-refractivity contribution in [1.82, 2.24) is 4.90 Å². The van der Waals surface area contributed by atoms with E-state index in [0.717, 1.165) is 19.3 Å². The number of nitrogens with one attached hydrogen (secondary N) is 1. The number of hydrogen-bond acceptors (Lipinski definition) is 4. The van der Waals surface area contributed by atoms with Crippen LogP contribution in [0, 0.1) is 5.82 Å². The molecule has 1 fully saturated rings. The van der Waals surface area contributed by atoms with E-state index in [9.17, 15) is 14.0 Å². The fourth-order valence-electron chi connectivity index (χ4n) is 2.30. The molecule has 0 spiro atoms. The van der Waals surface area contributed by atoms with E-state index < -0.39 is 0 Å². The number of thioether (sulfide) groups is 1. The molecule has 1 heterocycles. The molecule has 1 aromatic rings. The van der Waals surface area contributed by atoms with E-state index >= 15 is 0 Å². The van der Waals surface area contributed by atoms with E-state index in [-0.39, 0.29) is 22.9 Å². The van der Waals surface area contributed by atoms with E-state index in [1.807, 2.05) is 6.92 Å². The first-order valence-corrected chi connectivity index (χ1v) is 8.83. The summed E-state index contributed by atoms with van der Waals surface area (Å²) in [5, 5.41) is 2.58. The van der Waals surface area contributed by atoms with Gasteiger partial charge in [-0.3, -0.25) is 14.5 Å². The summed E-state index contributed by atoms with van der Waals surface area (Å²) in [6.07, 6.45) is 2.74. The van der Waals surface area contributed by atoms with Crippen LogP contribution in [0.2, 0.25) is 0 Å². The number of halogens is 1. The quantitative estimate of drug-likeness (QED) is 0.601. The Morgan fingerprint density at radius 2 is 2.17 bits per heavy atom. The number of rotatable bonds is 7. The number of benzene rings is 1. The van der Waals surface area contributed by atoms with Crippen LogP contribution in [0.5, 0.6) is 0 Å². The molecule has 1 atom stereocenters. The van der Waals surface area contributed by atoms with Crippen molar-refractivity contribution in [2.24, 2.45) is 0 Å². The summed E-state index contributed by atoms with van der Waals surface area (Å²) < 4.78 is 13.7. The highest BCUT2D eigenvalue weighted by atomic mass is 32.2. The molecule has 0 saturated carbocycles. The molecular formula is C16H19FN2O2S2. The lowest BCUT2D eigenvalue weighted by atomic mass is 10.1. The number of amides is 2. The van der Waals surface area contributed by atoms with E-state index in [0.29, 0.717) is 23.0 Å². The van der Waals surface area contributed by atoms with Gasteiger partial charge in [0, 0.05) is 18.7 Å². The molecule has 124 valence electrons. The highest BCUT2D eigenvalue weighted by Crippen LogP contribution is 2.27. The molecule has 1 aromatic carbocycles. The van der Waals surface area contributed by atoms with Gasteiger partial charge in [-0.15, -0.1) is 0 Å². The van der Waals surface area contributed by atoms with Crippen LogP contribution in [0.4, 0.5) is 10.1 Å². The van der Waals surface area contributed by atoms with Crippen molar-refractivity contribution in [1.29, 1.82) is 0 Å². The van der Waals surface area contributed by atoms with Gasteiger partial charge in [0.25, 0.3) is 0 Å². The van der Waals surface area contributed by atoms with Crippen LogP contribution >= 0.6 is 24.0 Å². The Kier molecular flexibility index (Phi) is 6.53. The van der Waals surface area contributed by atoms with E-state index in [4.69, 9.17) is 12.2 Å². The molecule has 0 aromatic heterocycles. The molecule has 1 aliphatic rings. The summed E-state index contributed by atoms with van der Waals surface area (Å²) in [6, 6.07) is 5.83. The fourth-order valence-corrected chi connectivity index (χ4v) is 3.75. The molecule has 4 nitrogen and oxygen atoms in total. The summed E-state index contributed by atoms with van der Waals surface area (Å²) in [7, 11) is 0. The minimum Gasteiger partial charge on any atom is -0.326 e. The summed E-state index contributed by atoms with van der Waals surface area (Å²) >= 11 is 6.59. The summed E-state index contributed by atoms with van der Waals surface area (Å²) in [5.74, 6) is -0.433. The standard InChI is InChI=1S/C16H19FN2O2S2/c1-11-15(21)19(16(22)23-11)9-4-2-3-8-14(20)18-13-7-5-6-12(17)10-13/h5-7,10-11H,2-4,8-9H2,1H3,(H,18,20). The molecule has 2 rings (SSSR count). The third-order valence-corrected chi connectivity index (χ3v) is 4.99. The lowest BCUT2D eigenvalue weighted by Crippen LogP contribution is -2.31. The predicted octanol–water partition coefficient (Wildman–Crippen LogP) is 3.57. The number of carbonyl (C=O) groups excluding carboxylic acids is 2. The first kappa shape index (κ1) is 17.9. The Morgan fingerprint density at radius 1 is 1.39 bits per heavy atom. The topological polar surface area (TPSA) is 49.4 Å². The molecule has 0 aliphatic carbocycles. The van der Waals surface area contributed by atoms with E-state index in [2.05, 4.69) is 5.32 Å². The molecule has 0 radical (unpaired) electrons. The summed E-state index contributed by atoms with van der Waals surface area (Å²) in [6.45, 7) is 2.47. The normalized spacial score (nSPS) is 17.7. The Bertz CT molecular complexity index is 609. The van der Waals surface area contributed by atoms with Crippen molar-refractivity contribution in [3.63, 3.8) is 0 Å². The zero-order chi connectivity index (χ0) is 16.8. The SMILES string of the molecule is CC1SC(=S)N(CCCCCC(=O)Nc2cccc(F)c2)C1=O. The van der Waals surface area contributed by atoms with Gasteiger partial charge >= 0.3 is 0 Å². The van der Waals surface area contributed by atoms with Crippen molar-refractivity contribution in [3.05, 3.63) is 30.1 Å². The van der Waals surface area contributed by atoms with Crippen molar-refractivity contribution in [2.45, 2.75) is 37.9 Å². The fraction of sp³-hybridized carbons (Fsp3) is 0.438. The number of hydrogen-bond donors (Lipinski definition) is 1. The molecule has 1 saturated heterocycles. The van der Waals surface area contributed by atoms with Gasteiger partial charge in [0.1, 0.15) is 10.1 Å². The first-order chi connectivity index (χ1) is 11.0. The zero-order valence-corrected chi connectivity index (χ0v) is 14.5. The van der Waals surface area contributed by atoms with Crippen molar-refractivity contribution >= 4 is 45.8 Å². The van der Waals surface area contributed by atoms with Gasteiger partial charge in [0.15, 0.2) is 0 Å². The van der Waals surface area contributed by atoms with Gasteiger partial charge < -0.3 is 5.32 Å². The highest BCUT2D eigenvalue weighted by Gasteiger charge is 2.32. The molecule has 1 N–H and O–H groups in total. The lowest BCUT2D eigenvalue weighted by molar-refractivity contribution is -0.125. The van der Waals surface area contributed by atoms with Gasteiger partial charge in [0.2, 0.25) is 11.8 Å².